The van der Waals surface area contributed by atoms with Gasteiger partial charge in [0.15, 0.2) is 29.7 Å². The average Bonchev–Trinajstić information content (AvgIpc) is 3.07. The molecule has 0 aliphatic heterocycles. The minimum atomic E-state index is -1.11. The lowest BCUT2D eigenvalue weighted by atomic mass is 10.0. The van der Waals surface area contributed by atoms with E-state index in [4.69, 9.17) is 15.2 Å². The summed E-state index contributed by atoms with van der Waals surface area (Å²) in [5.41, 5.74) is 6.08. The smallest absolute Gasteiger partial charge is 0.344 e. The molecule has 1 amide bonds. The molecule has 50 heavy (non-hydrogen) atoms. The highest BCUT2D eigenvalue weighted by Crippen LogP contribution is 2.36. The number of carboxylic acid groups (broad SMARTS) is 1. The van der Waals surface area contributed by atoms with Gasteiger partial charge in [-0.05, 0) is 62.4 Å². The number of carbonyl (C=O) groups excluding carboxylic acids is 1. The molecule has 2 aromatic carbocycles. The van der Waals surface area contributed by atoms with E-state index in [-0.39, 0.29) is 69.4 Å². The van der Waals surface area contributed by atoms with Crippen LogP contribution in [0.15, 0.2) is 54.3 Å². The van der Waals surface area contributed by atoms with Crippen LogP contribution < -0.4 is 15.2 Å². The number of ether oxygens (including phenoxy) is 2. The van der Waals surface area contributed by atoms with E-state index in [1.807, 2.05) is 0 Å². The number of aromatic hydroxyl groups is 2. The van der Waals surface area contributed by atoms with Crippen molar-refractivity contribution in [2.24, 2.45) is 5.73 Å². The fourth-order valence-corrected chi connectivity index (χ4v) is 5.51. The average molecular weight is 691 g/mol. The standard InChI is InChI=1S/C37H46N4O9/c1-3-5-7-9-11-31(33(38)46)49-23-14-17-26(29(44)20-23)35-39-34(25-16-13-22(42)19-28(25)43)40-36(41-35)27-18-15-24(21-30(27)45)50-32(37(47)48)12-10-8-6-4-2/h14-22,31-32,42-45H,3-13H2,1-2H3,(H2,38,46)(H,47,48). The van der Waals surface area contributed by atoms with Gasteiger partial charge in [0, 0.05) is 12.1 Å². The highest BCUT2D eigenvalue weighted by Gasteiger charge is 2.24. The van der Waals surface area contributed by atoms with Gasteiger partial charge < -0.3 is 40.7 Å². The Labute approximate surface area is 291 Å². The molecule has 268 valence electrons. The lowest BCUT2D eigenvalue weighted by Gasteiger charge is -2.18. The number of amides is 1. The van der Waals surface area contributed by atoms with Crippen LogP contribution in [0.2, 0.25) is 0 Å². The van der Waals surface area contributed by atoms with Crippen LogP contribution in [-0.4, -0.2) is 70.7 Å². The van der Waals surface area contributed by atoms with E-state index in [1.165, 1.54) is 36.4 Å². The number of aliphatic hydroxyl groups is 2. The van der Waals surface area contributed by atoms with E-state index in [0.29, 0.717) is 19.3 Å². The molecule has 7 N–H and O–H groups in total. The number of hydrogen-bond donors (Lipinski definition) is 6. The van der Waals surface area contributed by atoms with Crippen molar-refractivity contribution in [3.05, 3.63) is 60.1 Å². The zero-order chi connectivity index (χ0) is 36.2. The number of phenols is 2. The Morgan fingerprint density at radius 1 is 0.780 bits per heavy atom. The number of carboxylic acids is 1. The third-order valence-electron chi connectivity index (χ3n) is 8.28. The number of phenolic OH excluding ortho intramolecular Hbond substituents is 2. The number of unbranched alkanes of at least 4 members (excludes halogenated alkanes) is 6. The fraction of sp³-hybridized carbons (Fsp3) is 0.432. The van der Waals surface area contributed by atoms with E-state index in [1.54, 1.807) is 12.1 Å². The molecule has 13 nitrogen and oxygen atoms in total. The van der Waals surface area contributed by atoms with Crippen LogP contribution in [0, 0.1) is 0 Å². The summed E-state index contributed by atoms with van der Waals surface area (Å²) >= 11 is 0. The molecule has 13 heteroatoms. The molecule has 0 bridgehead atoms. The van der Waals surface area contributed by atoms with Gasteiger partial charge in [-0.1, -0.05) is 58.4 Å². The number of carbonyl (C=O) groups is 2. The van der Waals surface area contributed by atoms with Gasteiger partial charge in [-0.25, -0.2) is 19.7 Å². The summed E-state index contributed by atoms with van der Waals surface area (Å²) < 4.78 is 11.5. The number of rotatable bonds is 19. The maximum Gasteiger partial charge on any atom is 0.344 e. The topological polar surface area (TPSA) is 218 Å². The van der Waals surface area contributed by atoms with Crippen LogP contribution in [0.3, 0.4) is 0 Å². The molecule has 4 rings (SSSR count). The maximum atomic E-state index is 12.0. The minimum absolute atomic E-state index is 0.00370. The number of aromatic nitrogens is 3. The summed E-state index contributed by atoms with van der Waals surface area (Å²) in [4.78, 5) is 37.4. The van der Waals surface area contributed by atoms with Gasteiger partial charge in [-0.2, -0.15) is 0 Å². The highest BCUT2D eigenvalue weighted by molar-refractivity contribution is 5.80. The van der Waals surface area contributed by atoms with Crippen LogP contribution >= 0.6 is 0 Å². The predicted molar refractivity (Wildman–Crippen MR) is 187 cm³/mol. The Morgan fingerprint density at radius 3 is 1.74 bits per heavy atom. The number of aliphatic carboxylic acids is 1. The zero-order valence-corrected chi connectivity index (χ0v) is 28.4. The predicted octanol–water partition coefficient (Wildman–Crippen LogP) is 6.21. The number of benzene rings is 2. The molecule has 0 saturated carbocycles. The zero-order valence-electron chi connectivity index (χ0n) is 28.4. The Morgan fingerprint density at radius 2 is 1.28 bits per heavy atom. The lowest BCUT2D eigenvalue weighted by molar-refractivity contribution is -0.145. The summed E-state index contributed by atoms with van der Waals surface area (Å²) in [6.45, 7) is 4.15. The molecule has 0 radical (unpaired) electrons. The van der Waals surface area contributed by atoms with Crippen LogP contribution in [0.25, 0.3) is 28.3 Å². The molecular formula is C37H46N4O9. The first-order chi connectivity index (χ1) is 24.0. The number of hydrogen-bond acceptors (Lipinski definition) is 11. The number of nitrogens with zero attached hydrogens (tertiary/aromatic N) is 3. The van der Waals surface area contributed by atoms with Crippen molar-refractivity contribution in [2.75, 3.05) is 0 Å². The second-order valence-corrected chi connectivity index (χ2v) is 12.3. The molecule has 3 unspecified atom stereocenters. The number of allylic oxidation sites excluding steroid dienone is 1. The number of aliphatic hydroxyl groups excluding tert-OH is 2. The van der Waals surface area contributed by atoms with Crippen molar-refractivity contribution in [1.29, 1.82) is 0 Å². The van der Waals surface area contributed by atoms with Gasteiger partial charge >= 0.3 is 5.97 Å². The van der Waals surface area contributed by atoms with E-state index < -0.39 is 30.2 Å². The molecule has 1 aromatic heterocycles. The number of nitrogens with two attached hydrogens (primary N) is 1. The van der Waals surface area contributed by atoms with E-state index >= 15 is 0 Å². The van der Waals surface area contributed by atoms with Crippen LogP contribution in [0.5, 0.6) is 23.0 Å². The largest absolute Gasteiger partial charge is 0.507 e. The van der Waals surface area contributed by atoms with Crippen molar-refractivity contribution >= 4 is 17.4 Å². The fourth-order valence-electron chi connectivity index (χ4n) is 5.51. The third kappa shape index (κ3) is 10.2. The Hall–Kier alpha value is -5.17. The molecule has 1 aliphatic rings. The van der Waals surface area contributed by atoms with Gasteiger partial charge in [0.1, 0.15) is 28.8 Å². The maximum absolute atomic E-state index is 12.0. The second kappa shape index (κ2) is 18.0. The summed E-state index contributed by atoms with van der Waals surface area (Å²) in [6, 6.07) is 8.60. The Bertz CT molecular complexity index is 1610. The van der Waals surface area contributed by atoms with Gasteiger partial charge in [0.05, 0.1) is 22.8 Å². The van der Waals surface area contributed by atoms with E-state index in [2.05, 4.69) is 28.8 Å². The highest BCUT2D eigenvalue weighted by atomic mass is 16.5. The normalized spacial score (nSPS) is 15.5. The van der Waals surface area contributed by atoms with Crippen molar-refractivity contribution in [2.45, 2.75) is 103 Å². The molecule has 3 atom stereocenters. The number of primary amides is 1. The monoisotopic (exact) mass is 690 g/mol. The first-order valence-electron chi connectivity index (χ1n) is 17.1. The van der Waals surface area contributed by atoms with Crippen molar-refractivity contribution in [1.82, 2.24) is 15.0 Å². The molecule has 0 saturated heterocycles. The minimum Gasteiger partial charge on any atom is -0.507 e. The third-order valence-corrected chi connectivity index (χ3v) is 8.28. The van der Waals surface area contributed by atoms with Gasteiger partial charge in [-0.15, -0.1) is 0 Å². The van der Waals surface area contributed by atoms with Crippen molar-refractivity contribution in [3.63, 3.8) is 0 Å². The summed E-state index contributed by atoms with van der Waals surface area (Å²) in [7, 11) is 0. The first kappa shape index (κ1) is 37.6. The lowest BCUT2D eigenvalue weighted by Crippen LogP contribution is -2.33. The van der Waals surface area contributed by atoms with Crippen molar-refractivity contribution < 1.29 is 44.6 Å². The summed E-state index contributed by atoms with van der Waals surface area (Å²) in [5, 5.41) is 52.5. The summed E-state index contributed by atoms with van der Waals surface area (Å²) in [6.07, 6.45) is 8.23. The Balaban J connectivity index is 1.67. The molecule has 3 aromatic rings. The van der Waals surface area contributed by atoms with Gasteiger partial charge in [-0.3, -0.25) is 4.79 Å². The SMILES string of the molecule is CCCCCCC(Oc1ccc(-c2nc(C3=CCC(O)C=C3O)nc(-c3ccc(OC(CCCCCC)C(=O)O)cc3O)n2)c(O)c1)C(N)=O. The summed E-state index contributed by atoms with van der Waals surface area (Å²) in [5.74, 6) is -2.25. The van der Waals surface area contributed by atoms with Crippen LogP contribution in [-0.2, 0) is 9.59 Å². The molecule has 1 aliphatic carbocycles. The van der Waals surface area contributed by atoms with E-state index in [0.717, 1.165) is 44.9 Å². The van der Waals surface area contributed by atoms with Crippen LogP contribution in [0.1, 0.15) is 90.3 Å². The van der Waals surface area contributed by atoms with Crippen LogP contribution in [0.4, 0.5) is 0 Å². The quantitative estimate of drug-likeness (QED) is 0.0773. The van der Waals surface area contributed by atoms with Gasteiger partial charge in [0.2, 0.25) is 0 Å². The van der Waals surface area contributed by atoms with E-state index in [9.17, 15) is 35.1 Å². The van der Waals surface area contributed by atoms with Crippen molar-refractivity contribution in [3.8, 4) is 45.8 Å². The molecule has 0 spiro atoms. The molecular weight excluding hydrogens is 644 g/mol. The Kier molecular flexibility index (Phi) is 13.6. The second-order valence-electron chi connectivity index (χ2n) is 12.3. The first-order valence-corrected chi connectivity index (χ1v) is 17.1. The molecule has 1 heterocycles. The van der Waals surface area contributed by atoms with Gasteiger partial charge in [0.25, 0.3) is 5.91 Å². The molecule has 0 fully saturated rings.